The zero-order valence-electron chi connectivity index (χ0n) is 9.75. The summed E-state index contributed by atoms with van der Waals surface area (Å²) in [5.74, 6) is -0.00394. The fraction of sp³-hybridized carbons (Fsp3) is 0.909. The smallest absolute Gasteiger partial charge is 0.220 e. The highest BCUT2D eigenvalue weighted by Gasteiger charge is 2.37. The molecule has 1 fully saturated rings. The average molecular weight is 215 g/mol. The van der Waals surface area contributed by atoms with Crippen LogP contribution in [0, 0.1) is 0 Å². The van der Waals surface area contributed by atoms with Gasteiger partial charge in [-0.1, -0.05) is 0 Å². The molecule has 1 saturated heterocycles. The number of rotatable bonds is 4. The van der Waals surface area contributed by atoms with Gasteiger partial charge in [0.2, 0.25) is 5.91 Å². The highest BCUT2D eigenvalue weighted by atomic mass is 16.5. The SMILES string of the molecule is CC(O)CCC(=O)NC1(C)CCOC1C. The minimum absolute atomic E-state index is 0.00394. The van der Waals surface area contributed by atoms with Crippen LogP contribution in [0.1, 0.15) is 40.0 Å². The predicted molar refractivity (Wildman–Crippen MR) is 57.5 cm³/mol. The molecule has 4 nitrogen and oxygen atoms in total. The highest BCUT2D eigenvalue weighted by Crippen LogP contribution is 2.25. The average Bonchev–Trinajstić information content (AvgIpc) is 2.44. The molecule has 4 heteroatoms. The molecule has 0 aliphatic carbocycles. The van der Waals surface area contributed by atoms with E-state index in [1.807, 2.05) is 13.8 Å². The highest BCUT2D eigenvalue weighted by molar-refractivity contribution is 5.76. The van der Waals surface area contributed by atoms with Crippen molar-refractivity contribution >= 4 is 5.91 Å². The van der Waals surface area contributed by atoms with Gasteiger partial charge in [0.05, 0.1) is 17.7 Å². The maximum Gasteiger partial charge on any atom is 0.220 e. The lowest BCUT2D eigenvalue weighted by Gasteiger charge is -2.29. The summed E-state index contributed by atoms with van der Waals surface area (Å²) < 4.78 is 5.43. The van der Waals surface area contributed by atoms with E-state index in [9.17, 15) is 4.79 Å². The largest absolute Gasteiger partial charge is 0.393 e. The number of hydrogen-bond acceptors (Lipinski definition) is 3. The third-order valence-electron chi connectivity index (χ3n) is 3.10. The molecule has 1 heterocycles. The van der Waals surface area contributed by atoms with Crippen LogP contribution in [0.3, 0.4) is 0 Å². The first-order chi connectivity index (χ1) is 6.94. The van der Waals surface area contributed by atoms with E-state index in [-0.39, 0.29) is 17.6 Å². The van der Waals surface area contributed by atoms with E-state index in [0.29, 0.717) is 19.4 Å². The number of amides is 1. The molecule has 0 aromatic carbocycles. The summed E-state index contributed by atoms with van der Waals surface area (Å²) in [6.07, 6.45) is 1.39. The topological polar surface area (TPSA) is 58.6 Å². The minimum atomic E-state index is -0.416. The molecule has 15 heavy (non-hydrogen) atoms. The monoisotopic (exact) mass is 215 g/mol. The van der Waals surface area contributed by atoms with Crippen molar-refractivity contribution in [3.63, 3.8) is 0 Å². The van der Waals surface area contributed by atoms with Crippen molar-refractivity contribution in [1.82, 2.24) is 5.32 Å². The zero-order valence-corrected chi connectivity index (χ0v) is 9.75. The van der Waals surface area contributed by atoms with Crippen LogP contribution in [0.25, 0.3) is 0 Å². The third-order valence-corrected chi connectivity index (χ3v) is 3.10. The molecule has 1 aliphatic heterocycles. The van der Waals surface area contributed by atoms with Crippen molar-refractivity contribution in [2.45, 2.75) is 57.8 Å². The molecule has 0 aromatic heterocycles. The predicted octanol–water partition coefficient (Wildman–Crippen LogP) is 0.831. The first-order valence-electron chi connectivity index (χ1n) is 5.55. The van der Waals surface area contributed by atoms with Crippen LogP contribution < -0.4 is 5.32 Å². The van der Waals surface area contributed by atoms with Crippen LogP contribution in [0.4, 0.5) is 0 Å². The maximum atomic E-state index is 11.6. The summed E-state index contributed by atoms with van der Waals surface area (Å²) in [6.45, 7) is 6.37. The van der Waals surface area contributed by atoms with E-state index < -0.39 is 6.10 Å². The number of aliphatic hydroxyl groups is 1. The summed E-state index contributed by atoms with van der Waals surface area (Å²) in [5.41, 5.74) is -0.240. The van der Waals surface area contributed by atoms with Crippen molar-refractivity contribution in [3.8, 4) is 0 Å². The second-order valence-corrected chi connectivity index (χ2v) is 4.62. The van der Waals surface area contributed by atoms with Gasteiger partial charge in [-0.3, -0.25) is 4.79 Å². The molecule has 1 aliphatic rings. The molecule has 3 atom stereocenters. The Balaban J connectivity index is 2.37. The van der Waals surface area contributed by atoms with Gasteiger partial charge < -0.3 is 15.2 Å². The molecule has 0 spiro atoms. The Morgan fingerprint density at radius 1 is 1.73 bits per heavy atom. The molecule has 0 saturated carbocycles. The molecule has 88 valence electrons. The second-order valence-electron chi connectivity index (χ2n) is 4.62. The number of carbonyl (C=O) groups excluding carboxylic acids is 1. The van der Waals surface area contributed by atoms with E-state index in [1.165, 1.54) is 0 Å². The minimum Gasteiger partial charge on any atom is -0.393 e. The molecule has 2 N–H and O–H groups in total. The van der Waals surface area contributed by atoms with Crippen LogP contribution in [0.5, 0.6) is 0 Å². The Kier molecular flexibility index (Phi) is 4.11. The molecule has 3 unspecified atom stereocenters. The van der Waals surface area contributed by atoms with Gasteiger partial charge in [0.25, 0.3) is 0 Å². The van der Waals surface area contributed by atoms with Gasteiger partial charge in [0.15, 0.2) is 0 Å². The fourth-order valence-electron chi connectivity index (χ4n) is 1.72. The normalized spacial score (nSPS) is 32.7. The molecule has 0 bridgehead atoms. The van der Waals surface area contributed by atoms with Gasteiger partial charge in [-0.15, -0.1) is 0 Å². The van der Waals surface area contributed by atoms with Crippen LogP contribution in [0.15, 0.2) is 0 Å². The number of aliphatic hydroxyl groups excluding tert-OH is 1. The van der Waals surface area contributed by atoms with Gasteiger partial charge >= 0.3 is 0 Å². The summed E-state index contributed by atoms with van der Waals surface area (Å²) in [7, 11) is 0. The lowest BCUT2D eigenvalue weighted by atomic mass is 9.94. The molecular formula is C11H21NO3. The maximum absolute atomic E-state index is 11.6. The van der Waals surface area contributed by atoms with Gasteiger partial charge in [-0.25, -0.2) is 0 Å². The molecular weight excluding hydrogens is 194 g/mol. The Hall–Kier alpha value is -0.610. The van der Waals surface area contributed by atoms with E-state index in [2.05, 4.69) is 5.32 Å². The summed E-state index contributed by atoms with van der Waals surface area (Å²) in [4.78, 5) is 11.6. The third kappa shape index (κ3) is 3.47. The van der Waals surface area contributed by atoms with E-state index in [0.717, 1.165) is 6.42 Å². The fourth-order valence-corrected chi connectivity index (χ4v) is 1.72. The van der Waals surface area contributed by atoms with Gasteiger partial charge in [-0.2, -0.15) is 0 Å². The van der Waals surface area contributed by atoms with Crippen molar-refractivity contribution < 1.29 is 14.6 Å². The van der Waals surface area contributed by atoms with E-state index in [1.54, 1.807) is 6.92 Å². The standard InChI is InChI=1S/C11H21NO3/c1-8(13)4-5-10(14)12-11(3)6-7-15-9(11)2/h8-9,13H,4-7H2,1-3H3,(H,12,14). The molecule has 0 aromatic rings. The number of carbonyl (C=O) groups is 1. The molecule has 1 rings (SSSR count). The van der Waals surface area contributed by atoms with Crippen LogP contribution in [0.2, 0.25) is 0 Å². The van der Waals surface area contributed by atoms with Crippen LogP contribution >= 0.6 is 0 Å². The Morgan fingerprint density at radius 3 is 2.87 bits per heavy atom. The number of nitrogens with one attached hydrogen (secondary N) is 1. The van der Waals surface area contributed by atoms with Crippen molar-refractivity contribution in [2.24, 2.45) is 0 Å². The lowest BCUT2D eigenvalue weighted by molar-refractivity contribution is -0.124. The Labute approximate surface area is 91.0 Å². The van der Waals surface area contributed by atoms with Crippen LogP contribution in [-0.4, -0.2) is 35.4 Å². The number of ether oxygens (including phenoxy) is 1. The first kappa shape index (κ1) is 12.5. The molecule has 0 radical (unpaired) electrons. The van der Waals surface area contributed by atoms with E-state index in [4.69, 9.17) is 9.84 Å². The quantitative estimate of drug-likeness (QED) is 0.730. The Morgan fingerprint density at radius 2 is 2.40 bits per heavy atom. The number of hydrogen-bond donors (Lipinski definition) is 2. The summed E-state index contributed by atoms with van der Waals surface area (Å²) in [6, 6.07) is 0. The van der Waals surface area contributed by atoms with Gasteiger partial charge in [0.1, 0.15) is 0 Å². The van der Waals surface area contributed by atoms with Crippen LogP contribution in [-0.2, 0) is 9.53 Å². The zero-order chi connectivity index (χ0) is 11.5. The van der Waals surface area contributed by atoms with Crippen molar-refractivity contribution in [2.75, 3.05) is 6.61 Å². The van der Waals surface area contributed by atoms with Crippen molar-refractivity contribution in [3.05, 3.63) is 0 Å². The Bertz CT molecular complexity index is 230. The lowest BCUT2D eigenvalue weighted by Crippen LogP contribution is -2.50. The van der Waals surface area contributed by atoms with Crippen molar-refractivity contribution in [1.29, 1.82) is 0 Å². The first-order valence-corrected chi connectivity index (χ1v) is 5.55. The second kappa shape index (κ2) is 4.94. The van der Waals surface area contributed by atoms with Gasteiger partial charge in [0, 0.05) is 13.0 Å². The van der Waals surface area contributed by atoms with Gasteiger partial charge in [-0.05, 0) is 33.6 Å². The molecule has 1 amide bonds. The van der Waals surface area contributed by atoms with E-state index >= 15 is 0 Å². The summed E-state index contributed by atoms with van der Waals surface area (Å²) in [5, 5.41) is 12.1. The summed E-state index contributed by atoms with van der Waals surface area (Å²) >= 11 is 0.